The summed E-state index contributed by atoms with van der Waals surface area (Å²) in [5.41, 5.74) is 0.784. The number of carbonyl (C=O) groups is 1. The van der Waals surface area contributed by atoms with E-state index in [9.17, 15) is 4.79 Å². The van der Waals surface area contributed by atoms with Crippen molar-refractivity contribution in [3.63, 3.8) is 0 Å². The lowest BCUT2D eigenvalue weighted by Gasteiger charge is -2.04. The highest BCUT2D eigenvalue weighted by molar-refractivity contribution is 7.99. The van der Waals surface area contributed by atoms with E-state index in [1.165, 1.54) is 0 Å². The SMILES string of the molecule is CCSCC(=O)c1cccc2ccncc12. The third kappa shape index (κ3) is 2.25. The van der Waals surface area contributed by atoms with Gasteiger partial charge in [-0.3, -0.25) is 9.78 Å². The summed E-state index contributed by atoms with van der Waals surface area (Å²) in [7, 11) is 0. The second kappa shape index (κ2) is 5.12. The zero-order valence-corrected chi connectivity index (χ0v) is 9.96. The largest absolute Gasteiger partial charge is 0.293 e. The van der Waals surface area contributed by atoms with E-state index in [-0.39, 0.29) is 5.78 Å². The van der Waals surface area contributed by atoms with Crippen molar-refractivity contribution >= 4 is 28.3 Å². The molecule has 0 aliphatic heterocycles. The first-order valence-corrected chi connectivity index (χ1v) is 6.42. The maximum atomic E-state index is 12.0. The topological polar surface area (TPSA) is 30.0 Å². The van der Waals surface area contributed by atoms with Crippen molar-refractivity contribution in [3.05, 3.63) is 42.2 Å². The van der Waals surface area contributed by atoms with E-state index in [1.54, 1.807) is 24.2 Å². The van der Waals surface area contributed by atoms with Crippen LogP contribution in [-0.4, -0.2) is 22.3 Å². The fraction of sp³-hybridized carbons (Fsp3) is 0.231. The molecule has 0 aliphatic carbocycles. The number of aromatic nitrogens is 1. The van der Waals surface area contributed by atoms with E-state index in [1.807, 2.05) is 24.3 Å². The van der Waals surface area contributed by atoms with Gasteiger partial charge in [-0.2, -0.15) is 11.8 Å². The van der Waals surface area contributed by atoms with Gasteiger partial charge >= 0.3 is 0 Å². The molecule has 2 aromatic rings. The van der Waals surface area contributed by atoms with Crippen molar-refractivity contribution in [2.45, 2.75) is 6.92 Å². The second-order valence-electron chi connectivity index (χ2n) is 3.46. The summed E-state index contributed by atoms with van der Waals surface area (Å²) in [6.45, 7) is 2.06. The van der Waals surface area contributed by atoms with Crippen molar-refractivity contribution in [3.8, 4) is 0 Å². The molecule has 0 spiro atoms. The van der Waals surface area contributed by atoms with Crippen molar-refractivity contribution in [1.29, 1.82) is 0 Å². The molecule has 3 heteroatoms. The molecule has 0 fully saturated rings. The van der Waals surface area contributed by atoms with Crippen LogP contribution in [0, 0.1) is 0 Å². The summed E-state index contributed by atoms with van der Waals surface area (Å²) in [6, 6.07) is 7.73. The third-order valence-corrected chi connectivity index (χ3v) is 3.30. The minimum Gasteiger partial charge on any atom is -0.293 e. The van der Waals surface area contributed by atoms with Crippen LogP contribution in [0.3, 0.4) is 0 Å². The first-order chi connectivity index (χ1) is 7.83. The highest BCUT2D eigenvalue weighted by atomic mass is 32.2. The number of Topliss-reactive ketones (excluding diaryl/α,β-unsaturated/α-hetero) is 1. The Morgan fingerprint density at radius 2 is 2.25 bits per heavy atom. The number of carbonyl (C=O) groups excluding carboxylic acids is 1. The zero-order valence-electron chi connectivity index (χ0n) is 9.14. The summed E-state index contributed by atoms with van der Waals surface area (Å²) < 4.78 is 0. The van der Waals surface area contributed by atoms with Gasteiger partial charge in [-0.15, -0.1) is 0 Å². The lowest BCUT2D eigenvalue weighted by atomic mass is 10.0. The van der Waals surface area contributed by atoms with Crippen molar-refractivity contribution in [2.24, 2.45) is 0 Å². The minimum absolute atomic E-state index is 0.186. The third-order valence-electron chi connectivity index (χ3n) is 2.42. The number of nitrogens with zero attached hydrogens (tertiary/aromatic N) is 1. The Hall–Kier alpha value is -1.35. The van der Waals surface area contributed by atoms with Gasteiger partial charge in [-0.1, -0.05) is 25.1 Å². The van der Waals surface area contributed by atoms with E-state index in [4.69, 9.17) is 0 Å². The molecule has 0 atom stereocenters. The number of ketones is 1. The van der Waals surface area contributed by atoms with Gasteiger partial charge in [0, 0.05) is 23.3 Å². The molecule has 1 heterocycles. The molecule has 82 valence electrons. The molecule has 0 radical (unpaired) electrons. The normalized spacial score (nSPS) is 10.6. The molecule has 0 N–H and O–H groups in total. The highest BCUT2D eigenvalue weighted by Crippen LogP contribution is 2.19. The Labute approximate surface area is 99.1 Å². The highest BCUT2D eigenvalue weighted by Gasteiger charge is 2.09. The van der Waals surface area contributed by atoms with Gasteiger partial charge in [0.1, 0.15) is 0 Å². The maximum absolute atomic E-state index is 12.0. The maximum Gasteiger partial charge on any atom is 0.173 e. The van der Waals surface area contributed by atoms with E-state index in [2.05, 4.69) is 11.9 Å². The van der Waals surface area contributed by atoms with Crippen molar-refractivity contribution in [1.82, 2.24) is 4.98 Å². The Kier molecular flexibility index (Phi) is 3.57. The molecule has 2 rings (SSSR count). The summed E-state index contributed by atoms with van der Waals surface area (Å²) in [6.07, 6.45) is 3.51. The van der Waals surface area contributed by atoms with Gasteiger partial charge in [0.15, 0.2) is 5.78 Å². The van der Waals surface area contributed by atoms with Crippen LogP contribution in [-0.2, 0) is 0 Å². The molecule has 0 amide bonds. The van der Waals surface area contributed by atoms with Crippen LogP contribution in [0.2, 0.25) is 0 Å². The Morgan fingerprint density at radius 1 is 1.38 bits per heavy atom. The van der Waals surface area contributed by atoms with Gasteiger partial charge in [-0.05, 0) is 17.2 Å². The molecular formula is C13H13NOS. The predicted octanol–water partition coefficient (Wildman–Crippen LogP) is 3.17. The molecule has 1 aromatic carbocycles. The van der Waals surface area contributed by atoms with Gasteiger partial charge in [-0.25, -0.2) is 0 Å². The number of hydrogen-bond acceptors (Lipinski definition) is 3. The molecule has 0 saturated heterocycles. The molecule has 0 aliphatic rings. The monoisotopic (exact) mass is 231 g/mol. The average molecular weight is 231 g/mol. The van der Waals surface area contributed by atoms with E-state index in [0.29, 0.717) is 5.75 Å². The lowest BCUT2D eigenvalue weighted by molar-refractivity contribution is 0.102. The van der Waals surface area contributed by atoms with Gasteiger partial charge in [0.25, 0.3) is 0 Å². The lowest BCUT2D eigenvalue weighted by Crippen LogP contribution is -2.03. The van der Waals surface area contributed by atoms with Crippen LogP contribution in [0.4, 0.5) is 0 Å². The summed E-state index contributed by atoms with van der Waals surface area (Å²) in [5, 5.41) is 2.02. The second-order valence-corrected chi connectivity index (χ2v) is 4.74. The van der Waals surface area contributed by atoms with Crippen molar-refractivity contribution in [2.75, 3.05) is 11.5 Å². The molecule has 1 aromatic heterocycles. The number of thioether (sulfide) groups is 1. The number of rotatable bonds is 4. The first kappa shape index (κ1) is 11.1. The summed E-state index contributed by atoms with van der Waals surface area (Å²) >= 11 is 1.65. The van der Waals surface area contributed by atoms with E-state index in [0.717, 1.165) is 22.1 Å². The molecule has 2 nitrogen and oxygen atoms in total. The van der Waals surface area contributed by atoms with Gasteiger partial charge < -0.3 is 0 Å². The zero-order chi connectivity index (χ0) is 11.4. The van der Waals surface area contributed by atoms with Gasteiger partial charge in [0.2, 0.25) is 0 Å². The first-order valence-electron chi connectivity index (χ1n) is 5.26. The standard InChI is InChI=1S/C13H13NOS/c1-2-16-9-13(15)11-5-3-4-10-6-7-14-8-12(10)11/h3-8H,2,9H2,1H3. The number of benzene rings is 1. The molecule has 0 unspecified atom stereocenters. The average Bonchev–Trinajstić information content (AvgIpc) is 2.35. The van der Waals surface area contributed by atoms with Crippen LogP contribution < -0.4 is 0 Å². The number of fused-ring (bicyclic) bond motifs is 1. The van der Waals surface area contributed by atoms with Crippen LogP contribution in [0.1, 0.15) is 17.3 Å². The van der Waals surface area contributed by atoms with E-state index < -0.39 is 0 Å². The fourth-order valence-electron chi connectivity index (χ4n) is 1.63. The van der Waals surface area contributed by atoms with Crippen LogP contribution >= 0.6 is 11.8 Å². The van der Waals surface area contributed by atoms with Crippen LogP contribution in [0.5, 0.6) is 0 Å². The van der Waals surface area contributed by atoms with E-state index >= 15 is 0 Å². The molecular weight excluding hydrogens is 218 g/mol. The Morgan fingerprint density at radius 3 is 3.06 bits per heavy atom. The molecule has 0 saturated carbocycles. The van der Waals surface area contributed by atoms with Crippen LogP contribution in [0.15, 0.2) is 36.7 Å². The minimum atomic E-state index is 0.186. The molecule has 0 bridgehead atoms. The van der Waals surface area contributed by atoms with Crippen molar-refractivity contribution < 1.29 is 4.79 Å². The summed E-state index contributed by atoms with van der Waals surface area (Å²) in [5.74, 6) is 1.70. The summed E-state index contributed by atoms with van der Waals surface area (Å²) in [4.78, 5) is 16.0. The quantitative estimate of drug-likeness (QED) is 0.757. The predicted molar refractivity (Wildman–Crippen MR) is 69.1 cm³/mol. The number of pyridine rings is 1. The van der Waals surface area contributed by atoms with Crippen LogP contribution in [0.25, 0.3) is 10.8 Å². The molecule has 16 heavy (non-hydrogen) atoms. The Bertz CT molecular complexity index is 505. The fourth-order valence-corrected chi connectivity index (χ4v) is 2.17. The smallest absolute Gasteiger partial charge is 0.173 e. The Balaban J connectivity index is 2.40. The van der Waals surface area contributed by atoms with Gasteiger partial charge in [0.05, 0.1) is 5.75 Å². The number of hydrogen-bond donors (Lipinski definition) is 0.